The lowest BCUT2D eigenvalue weighted by Gasteiger charge is -2.36. The highest BCUT2D eigenvalue weighted by Gasteiger charge is 2.37. The largest absolute Gasteiger partial charge is 0.440 e. The molecule has 1 amide bonds. The van der Waals surface area contributed by atoms with Crippen molar-refractivity contribution in [3.05, 3.63) is 42.9 Å². The molecule has 0 fully saturated rings. The van der Waals surface area contributed by atoms with E-state index >= 15 is 0 Å². The number of amides is 1. The molecule has 8 nitrogen and oxygen atoms in total. The van der Waals surface area contributed by atoms with Crippen molar-refractivity contribution in [2.45, 2.75) is 58.0 Å². The maximum absolute atomic E-state index is 11.2. The lowest BCUT2D eigenvalue weighted by atomic mass is 10.1. The fourth-order valence-electron chi connectivity index (χ4n) is 2.78. The van der Waals surface area contributed by atoms with Gasteiger partial charge in [-0.05, 0) is 30.3 Å². The zero-order valence-corrected chi connectivity index (χ0v) is 19.5. The Labute approximate surface area is 179 Å². The number of anilines is 1. The molecule has 30 heavy (non-hydrogen) atoms. The highest BCUT2D eigenvalue weighted by molar-refractivity contribution is 6.74. The van der Waals surface area contributed by atoms with Crippen molar-refractivity contribution in [1.82, 2.24) is 14.8 Å². The molecule has 0 aliphatic heterocycles. The molecule has 2 aromatic heterocycles. The third-order valence-electron chi connectivity index (χ3n) is 5.46. The van der Waals surface area contributed by atoms with E-state index in [0.29, 0.717) is 31.0 Å². The molecule has 1 unspecified atom stereocenters. The molecule has 2 aromatic rings. The van der Waals surface area contributed by atoms with Crippen LogP contribution in [0.3, 0.4) is 0 Å². The summed E-state index contributed by atoms with van der Waals surface area (Å²) in [6.07, 6.45) is 3.85. The van der Waals surface area contributed by atoms with Crippen molar-refractivity contribution in [2.75, 3.05) is 12.3 Å². The Morgan fingerprint density at radius 1 is 1.40 bits per heavy atom. The number of hydrogen-bond acceptors (Lipinski definition) is 6. The smallest absolute Gasteiger partial charge is 0.405 e. The van der Waals surface area contributed by atoms with Crippen molar-refractivity contribution in [2.24, 2.45) is 5.73 Å². The summed E-state index contributed by atoms with van der Waals surface area (Å²) >= 11 is 0. The van der Waals surface area contributed by atoms with Crippen LogP contribution in [-0.4, -0.2) is 35.8 Å². The number of ether oxygens (including phenoxy) is 1. The van der Waals surface area contributed by atoms with Crippen molar-refractivity contribution < 1.29 is 14.0 Å². The summed E-state index contributed by atoms with van der Waals surface area (Å²) in [6, 6.07) is 3.67. The molecular weight excluding hydrogens is 398 g/mol. The summed E-state index contributed by atoms with van der Waals surface area (Å²) in [5, 5.41) is 4.56. The number of nitrogen functional groups attached to an aromatic ring is 1. The van der Waals surface area contributed by atoms with Crippen LogP contribution < -0.4 is 11.5 Å². The van der Waals surface area contributed by atoms with Gasteiger partial charge < -0.3 is 20.6 Å². The van der Waals surface area contributed by atoms with Crippen molar-refractivity contribution in [3.63, 3.8) is 0 Å². The van der Waals surface area contributed by atoms with Crippen LogP contribution in [0.5, 0.6) is 0 Å². The van der Waals surface area contributed by atoms with Gasteiger partial charge in [-0.15, -0.1) is 6.58 Å². The first-order chi connectivity index (χ1) is 14.0. The maximum Gasteiger partial charge on any atom is 0.405 e. The second-order valence-corrected chi connectivity index (χ2v) is 13.5. The Morgan fingerprint density at radius 3 is 2.70 bits per heavy atom. The minimum absolute atomic E-state index is 0.138. The molecule has 0 aromatic carbocycles. The molecule has 0 radical (unpaired) electrons. The van der Waals surface area contributed by atoms with Gasteiger partial charge >= 0.3 is 6.09 Å². The number of pyridine rings is 1. The van der Waals surface area contributed by atoms with Gasteiger partial charge in [-0.1, -0.05) is 26.8 Å². The zero-order chi connectivity index (χ0) is 22.5. The molecule has 0 aliphatic rings. The molecule has 9 heteroatoms. The van der Waals surface area contributed by atoms with Crippen LogP contribution in [0, 0.1) is 0 Å². The summed E-state index contributed by atoms with van der Waals surface area (Å²) in [4.78, 5) is 15.6. The first-order valence-electron chi connectivity index (χ1n) is 9.95. The molecule has 0 spiro atoms. The Bertz CT molecular complexity index is 889. The summed E-state index contributed by atoms with van der Waals surface area (Å²) in [7, 11) is -1.85. The SMILES string of the molecule is C=CCC(OC(N)=O)c1cc(-c2c(N)cnn2CCO[Si](C)(C)C(C)(C)C)ccn1. The number of carbonyl (C=O) groups is 1. The second kappa shape index (κ2) is 9.44. The van der Waals surface area contributed by atoms with Gasteiger partial charge in [0.2, 0.25) is 0 Å². The first kappa shape index (κ1) is 23.6. The van der Waals surface area contributed by atoms with Gasteiger partial charge in [0.15, 0.2) is 8.32 Å². The standard InChI is InChI=1S/C21H33N5O3Si/c1-7-8-18(29-20(23)27)17-13-15(9-10-24-17)19-16(22)14-25-26(19)11-12-28-30(5,6)21(2,3)4/h7,9-10,13-14,18H,1,8,11-12,22H2,2-6H3,(H2,23,27). The number of primary amides is 1. The van der Waals surface area contributed by atoms with E-state index < -0.39 is 20.5 Å². The Morgan fingerprint density at radius 2 is 2.10 bits per heavy atom. The van der Waals surface area contributed by atoms with E-state index in [2.05, 4.69) is 50.5 Å². The van der Waals surface area contributed by atoms with Crippen LogP contribution >= 0.6 is 0 Å². The average molecular weight is 432 g/mol. The van der Waals surface area contributed by atoms with Crippen LogP contribution in [0.2, 0.25) is 18.1 Å². The van der Waals surface area contributed by atoms with Gasteiger partial charge in [-0.3, -0.25) is 9.67 Å². The number of carbonyl (C=O) groups excluding carboxylic acids is 1. The predicted octanol–water partition coefficient (Wildman–Crippen LogP) is 4.26. The number of aromatic nitrogens is 3. The highest BCUT2D eigenvalue weighted by Crippen LogP contribution is 2.36. The predicted molar refractivity (Wildman–Crippen MR) is 121 cm³/mol. The Balaban J connectivity index is 2.26. The number of nitrogens with zero attached hydrogens (tertiary/aromatic N) is 3. The summed E-state index contributed by atoms with van der Waals surface area (Å²) < 4.78 is 13.3. The first-order valence-corrected chi connectivity index (χ1v) is 12.9. The minimum Gasteiger partial charge on any atom is -0.440 e. The topological polar surface area (TPSA) is 118 Å². The molecule has 4 N–H and O–H groups in total. The van der Waals surface area contributed by atoms with Crippen molar-refractivity contribution in [3.8, 4) is 11.3 Å². The van der Waals surface area contributed by atoms with E-state index in [0.717, 1.165) is 11.3 Å². The summed E-state index contributed by atoms with van der Waals surface area (Å²) in [5.41, 5.74) is 14.1. The quantitative estimate of drug-likeness (QED) is 0.452. The normalized spacial score (nSPS) is 13.1. The Kier molecular flexibility index (Phi) is 7.43. The molecular formula is C21H33N5O3Si. The molecule has 0 aliphatic carbocycles. The lowest BCUT2D eigenvalue weighted by Crippen LogP contribution is -2.41. The van der Waals surface area contributed by atoms with Gasteiger partial charge in [0.05, 0.1) is 36.4 Å². The van der Waals surface area contributed by atoms with Crippen LogP contribution in [0.25, 0.3) is 11.3 Å². The van der Waals surface area contributed by atoms with Gasteiger partial charge in [-0.2, -0.15) is 5.10 Å². The van der Waals surface area contributed by atoms with E-state index in [1.807, 2.05) is 16.8 Å². The minimum atomic E-state index is -1.85. The monoisotopic (exact) mass is 431 g/mol. The molecule has 2 rings (SSSR count). The maximum atomic E-state index is 11.2. The van der Waals surface area contributed by atoms with E-state index in [1.54, 1.807) is 18.5 Å². The van der Waals surface area contributed by atoms with Crippen LogP contribution in [0.1, 0.15) is 39.0 Å². The van der Waals surface area contributed by atoms with Crippen molar-refractivity contribution in [1.29, 1.82) is 0 Å². The summed E-state index contributed by atoms with van der Waals surface area (Å²) in [5.74, 6) is 0. The Hall–Kier alpha value is -2.65. The summed E-state index contributed by atoms with van der Waals surface area (Å²) in [6.45, 7) is 15.9. The van der Waals surface area contributed by atoms with Gasteiger partial charge in [-0.25, -0.2) is 4.79 Å². The van der Waals surface area contributed by atoms with E-state index in [9.17, 15) is 4.79 Å². The lowest BCUT2D eigenvalue weighted by molar-refractivity contribution is 0.106. The number of hydrogen-bond donors (Lipinski definition) is 2. The highest BCUT2D eigenvalue weighted by atomic mass is 28.4. The van der Waals surface area contributed by atoms with Crippen LogP contribution in [-0.2, 0) is 15.7 Å². The van der Waals surface area contributed by atoms with Crippen molar-refractivity contribution >= 4 is 20.1 Å². The van der Waals surface area contributed by atoms with Crippen LogP contribution in [0.4, 0.5) is 10.5 Å². The average Bonchev–Trinajstić information content (AvgIpc) is 3.00. The third kappa shape index (κ3) is 5.70. The van der Waals surface area contributed by atoms with E-state index in [1.165, 1.54) is 0 Å². The molecule has 0 saturated carbocycles. The zero-order valence-electron chi connectivity index (χ0n) is 18.5. The second-order valence-electron chi connectivity index (χ2n) is 8.70. The fraction of sp³-hybridized carbons (Fsp3) is 0.476. The van der Waals surface area contributed by atoms with Gasteiger partial charge in [0, 0.05) is 18.2 Å². The van der Waals surface area contributed by atoms with Crippen LogP contribution in [0.15, 0.2) is 37.2 Å². The molecule has 0 saturated heterocycles. The third-order valence-corrected chi connectivity index (χ3v) is 10.0. The molecule has 164 valence electrons. The number of rotatable bonds is 9. The molecule has 0 bridgehead atoms. The van der Waals surface area contributed by atoms with E-state index in [4.69, 9.17) is 20.6 Å². The van der Waals surface area contributed by atoms with Gasteiger partial charge in [0.1, 0.15) is 6.10 Å². The van der Waals surface area contributed by atoms with E-state index in [-0.39, 0.29) is 5.04 Å². The fourth-order valence-corrected chi connectivity index (χ4v) is 3.82. The molecule has 1 atom stereocenters. The number of nitrogens with two attached hydrogens (primary N) is 2. The molecule has 2 heterocycles. The van der Waals surface area contributed by atoms with Gasteiger partial charge in [0.25, 0.3) is 0 Å².